The van der Waals surface area contributed by atoms with Crippen LogP contribution in [-0.4, -0.2) is 25.0 Å². The summed E-state index contributed by atoms with van der Waals surface area (Å²) in [4.78, 5) is 24.0. The van der Waals surface area contributed by atoms with Crippen LogP contribution >= 0.6 is 0 Å². The molecule has 21 heavy (non-hydrogen) atoms. The average molecular weight is 285 g/mol. The molecule has 1 N–H and O–H groups in total. The molecule has 0 saturated carbocycles. The average Bonchev–Trinajstić information content (AvgIpc) is 2.46. The van der Waals surface area contributed by atoms with Crippen LogP contribution in [0.15, 0.2) is 24.3 Å². The van der Waals surface area contributed by atoms with Crippen molar-refractivity contribution in [3.05, 3.63) is 35.4 Å². The molecule has 0 unspecified atom stereocenters. The lowest BCUT2D eigenvalue weighted by atomic mass is 9.94. The van der Waals surface area contributed by atoms with Gasteiger partial charge in [0, 0.05) is 16.3 Å². The van der Waals surface area contributed by atoms with Crippen LogP contribution < -0.4 is 14.8 Å². The predicted octanol–water partition coefficient (Wildman–Crippen LogP) is 2.52. The largest absolute Gasteiger partial charge is 0.494 e. The molecule has 0 aliphatic carbocycles. The Morgan fingerprint density at radius 2 is 1.67 bits per heavy atom. The number of benzene rings is 2. The minimum absolute atomic E-state index is 0.385. The van der Waals surface area contributed by atoms with Crippen LogP contribution in [-0.2, 0) is 0 Å². The summed E-state index contributed by atoms with van der Waals surface area (Å²) in [6, 6.07) is 6.89. The third-order valence-corrected chi connectivity index (χ3v) is 3.38. The first kappa shape index (κ1) is 13.4. The van der Waals surface area contributed by atoms with Gasteiger partial charge in [-0.25, -0.2) is 0 Å². The molecule has 0 bridgehead atoms. The monoisotopic (exact) mass is 285 g/mol. The molecule has 1 aliphatic rings. The van der Waals surface area contributed by atoms with Gasteiger partial charge < -0.3 is 9.47 Å². The summed E-state index contributed by atoms with van der Waals surface area (Å²) in [5.74, 6) is 0.432. The van der Waals surface area contributed by atoms with E-state index in [1.54, 1.807) is 18.2 Å². The van der Waals surface area contributed by atoms with Crippen LogP contribution in [0.1, 0.15) is 34.6 Å². The molecule has 0 fully saturated rings. The van der Waals surface area contributed by atoms with Crippen molar-refractivity contribution in [3.8, 4) is 11.5 Å². The Balaban J connectivity index is 2.36. The Bertz CT molecular complexity index is 752. The fraction of sp³-hybridized carbons (Fsp3) is 0.250. The lowest BCUT2D eigenvalue weighted by Crippen LogP contribution is -2.34. The second-order valence-corrected chi connectivity index (χ2v) is 4.65. The molecule has 1 heterocycles. The lowest BCUT2D eigenvalue weighted by Gasteiger charge is -2.19. The van der Waals surface area contributed by atoms with Crippen LogP contribution in [0.4, 0.5) is 0 Å². The number of rotatable bonds is 4. The maximum Gasteiger partial charge on any atom is 0.258 e. The van der Waals surface area contributed by atoms with Gasteiger partial charge in [-0.3, -0.25) is 14.9 Å². The number of hydrogen-bond acceptors (Lipinski definition) is 4. The molecule has 0 aromatic heterocycles. The lowest BCUT2D eigenvalue weighted by molar-refractivity contribution is 0.0844. The predicted molar refractivity (Wildman–Crippen MR) is 78.1 cm³/mol. The van der Waals surface area contributed by atoms with E-state index in [0.717, 1.165) is 5.39 Å². The zero-order chi connectivity index (χ0) is 15.0. The molecule has 2 amide bonds. The van der Waals surface area contributed by atoms with Crippen LogP contribution in [0.3, 0.4) is 0 Å². The van der Waals surface area contributed by atoms with E-state index in [1.165, 1.54) is 0 Å². The molecule has 5 heteroatoms. The molecule has 2 aromatic rings. The van der Waals surface area contributed by atoms with E-state index < -0.39 is 5.91 Å². The Kier molecular flexibility index (Phi) is 3.25. The van der Waals surface area contributed by atoms with Gasteiger partial charge in [-0.15, -0.1) is 0 Å². The smallest absolute Gasteiger partial charge is 0.258 e. The topological polar surface area (TPSA) is 64.6 Å². The Morgan fingerprint density at radius 1 is 0.952 bits per heavy atom. The first-order chi connectivity index (χ1) is 10.2. The van der Waals surface area contributed by atoms with Gasteiger partial charge >= 0.3 is 0 Å². The highest BCUT2D eigenvalue weighted by atomic mass is 16.5. The van der Waals surface area contributed by atoms with E-state index in [-0.39, 0.29) is 5.91 Å². The first-order valence-corrected chi connectivity index (χ1v) is 6.87. The zero-order valence-corrected chi connectivity index (χ0v) is 11.9. The van der Waals surface area contributed by atoms with E-state index in [4.69, 9.17) is 9.47 Å². The van der Waals surface area contributed by atoms with E-state index in [9.17, 15) is 9.59 Å². The summed E-state index contributed by atoms with van der Waals surface area (Å²) in [6.45, 7) is 4.76. The number of carbonyl (C=O) groups excluding carboxylic acids is 2. The summed E-state index contributed by atoms with van der Waals surface area (Å²) in [5.41, 5.74) is 0.915. The Morgan fingerprint density at radius 3 is 2.38 bits per heavy atom. The minimum atomic E-state index is -0.410. The molecule has 0 saturated heterocycles. The summed E-state index contributed by atoms with van der Waals surface area (Å²) in [6.07, 6.45) is 0. The fourth-order valence-corrected chi connectivity index (χ4v) is 2.57. The second kappa shape index (κ2) is 5.09. The SMILES string of the molecule is CCOc1cc2c3c(ccc(OCC)c3c1)C(=O)NC2=O. The highest BCUT2D eigenvalue weighted by molar-refractivity contribution is 6.26. The van der Waals surface area contributed by atoms with Gasteiger partial charge in [-0.1, -0.05) is 0 Å². The van der Waals surface area contributed by atoms with E-state index in [2.05, 4.69) is 5.32 Å². The van der Waals surface area contributed by atoms with Crippen molar-refractivity contribution >= 4 is 22.6 Å². The summed E-state index contributed by atoms with van der Waals surface area (Å²) in [5, 5.41) is 3.69. The number of nitrogens with one attached hydrogen (secondary N) is 1. The van der Waals surface area contributed by atoms with Crippen LogP contribution in [0.5, 0.6) is 11.5 Å². The third-order valence-electron chi connectivity index (χ3n) is 3.38. The Hall–Kier alpha value is -2.56. The van der Waals surface area contributed by atoms with Crippen LogP contribution in [0.25, 0.3) is 10.8 Å². The van der Waals surface area contributed by atoms with Gasteiger partial charge in [0.25, 0.3) is 11.8 Å². The summed E-state index contributed by atoms with van der Waals surface area (Å²) in [7, 11) is 0. The zero-order valence-electron chi connectivity index (χ0n) is 11.9. The van der Waals surface area contributed by atoms with Crippen LogP contribution in [0, 0.1) is 0 Å². The third kappa shape index (κ3) is 2.11. The van der Waals surface area contributed by atoms with Gasteiger partial charge in [-0.2, -0.15) is 0 Å². The maximum absolute atomic E-state index is 12.1. The Labute approximate surface area is 121 Å². The van der Waals surface area contributed by atoms with Crippen LogP contribution in [0.2, 0.25) is 0 Å². The first-order valence-electron chi connectivity index (χ1n) is 6.87. The van der Waals surface area contributed by atoms with Crippen molar-refractivity contribution in [1.29, 1.82) is 0 Å². The maximum atomic E-state index is 12.1. The highest BCUT2D eigenvalue weighted by Gasteiger charge is 2.27. The molecule has 0 spiro atoms. The van der Waals surface area contributed by atoms with E-state index >= 15 is 0 Å². The van der Waals surface area contributed by atoms with Crippen molar-refractivity contribution < 1.29 is 19.1 Å². The molecule has 2 aromatic carbocycles. The summed E-state index contributed by atoms with van der Waals surface area (Å²) < 4.78 is 11.1. The standard InChI is InChI=1S/C16H15NO4/c1-3-20-9-7-11-13(21-4-2)6-5-10-14(11)12(8-9)16(19)17-15(10)18/h5-8H,3-4H2,1-2H3,(H,17,18,19). The van der Waals surface area contributed by atoms with Crippen molar-refractivity contribution in [2.45, 2.75) is 13.8 Å². The van der Waals surface area contributed by atoms with Crippen molar-refractivity contribution in [2.75, 3.05) is 13.2 Å². The minimum Gasteiger partial charge on any atom is -0.494 e. The molecule has 5 nitrogen and oxygen atoms in total. The quantitative estimate of drug-likeness (QED) is 0.877. The van der Waals surface area contributed by atoms with Gasteiger partial charge in [0.05, 0.1) is 18.8 Å². The van der Waals surface area contributed by atoms with E-state index in [1.807, 2.05) is 19.9 Å². The molecule has 1 aliphatic heterocycles. The fourth-order valence-electron chi connectivity index (χ4n) is 2.57. The van der Waals surface area contributed by atoms with Gasteiger partial charge in [0.2, 0.25) is 0 Å². The highest BCUT2D eigenvalue weighted by Crippen LogP contribution is 2.36. The normalized spacial score (nSPS) is 13.2. The van der Waals surface area contributed by atoms with Gasteiger partial charge in [0.1, 0.15) is 11.5 Å². The number of amides is 2. The molecular formula is C16H15NO4. The molecule has 0 atom stereocenters. The number of carbonyl (C=O) groups is 2. The van der Waals surface area contributed by atoms with E-state index in [0.29, 0.717) is 41.2 Å². The molecule has 108 valence electrons. The van der Waals surface area contributed by atoms with Crippen molar-refractivity contribution in [1.82, 2.24) is 5.32 Å². The second-order valence-electron chi connectivity index (χ2n) is 4.65. The van der Waals surface area contributed by atoms with Gasteiger partial charge in [0.15, 0.2) is 0 Å². The number of ether oxygens (including phenoxy) is 2. The summed E-state index contributed by atoms with van der Waals surface area (Å²) >= 11 is 0. The van der Waals surface area contributed by atoms with Crippen molar-refractivity contribution in [3.63, 3.8) is 0 Å². The number of imide groups is 1. The molecular weight excluding hydrogens is 270 g/mol. The van der Waals surface area contributed by atoms with Crippen molar-refractivity contribution in [2.24, 2.45) is 0 Å². The molecule has 3 rings (SSSR count). The molecule has 0 radical (unpaired) electrons. The van der Waals surface area contributed by atoms with Gasteiger partial charge in [-0.05, 0) is 38.1 Å². The number of hydrogen-bond donors (Lipinski definition) is 1.